The molecule has 3 amide bonds. The Morgan fingerprint density at radius 3 is 2.34 bits per heavy atom. The number of carbonyl (C=O) groups excluding carboxylic acids is 2. The second-order valence-corrected chi connectivity index (χ2v) is 15.6. The van der Waals surface area contributed by atoms with Crippen molar-refractivity contribution >= 4 is 39.5 Å². The first-order valence-electron chi connectivity index (χ1n) is 16.5. The Bertz CT molecular complexity index is 1630. The van der Waals surface area contributed by atoms with Crippen molar-refractivity contribution in [1.82, 2.24) is 24.8 Å². The molecule has 3 rings (SSSR count). The van der Waals surface area contributed by atoms with Gasteiger partial charge in [0.05, 0.1) is 42.1 Å². The fourth-order valence-corrected chi connectivity index (χ4v) is 7.63. The molecular formula is C35H50N6O7S2. The fraction of sp³-hybridized carbons (Fsp3) is 0.486. The van der Waals surface area contributed by atoms with Crippen LogP contribution in [0, 0.1) is 11.8 Å². The maximum Gasteiger partial charge on any atom is 0.318 e. The van der Waals surface area contributed by atoms with Gasteiger partial charge in [-0.3, -0.25) is 4.79 Å². The Hall–Kier alpha value is -3.89. The molecule has 0 spiro atoms. The van der Waals surface area contributed by atoms with E-state index in [2.05, 4.69) is 20.8 Å². The fourth-order valence-electron chi connectivity index (χ4n) is 5.25. The van der Waals surface area contributed by atoms with Crippen LogP contribution in [-0.4, -0.2) is 96.5 Å². The van der Waals surface area contributed by atoms with Crippen molar-refractivity contribution in [3.05, 3.63) is 81.8 Å². The number of hydrogen-bond acceptors (Lipinski definition) is 10. The van der Waals surface area contributed by atoms with Crippen molar-refractivity contribution in [2.75, 3.05) is 27.2 Å². The summed E-state index contributed by atoms with van der Waals surface area (Å²) in [6.07, 6.45) is 0.683. The Kier molecular flexibility index (Phi) is 15.8. The van der Waals surface area contributed by atoms with Crippen LogP contribution < -0.4 is 10.6 Å². The summed E-state index contributed by atoms with van der Waals surface area (Å²) in [5.41, 5.74) is 2.04. The van der Waals surface area contributed by atoms with Crippen molar-refractivity contribution in [2.45, 2.75) is 76.8 Å². The molecular weight excluding hydrogens is 681 g/mol. The third-order valence-corrected chi connectivity index (χ3v) is 10.9. The molecule has 0 saturated carbocycles. The first-order valence-corrected chi connectivity index (χ1v) is 18.8. The summed E-state index contributed by atoms with van der Waals surface area (Å²) in [5, 5.41) is 32.0. The lowest BCUT2D eigenvalue weighted by molar-refractivity contribution is -0.125. The van der Waals surface area contributed by atoms with E-state index in [4.69, 9.17) is 9.94 Å². The van der Waals surface area contributed by atoms with Gasteiger partial charge in [0, 0.05) is 32.6 Å². The van der Waals surface area contributed by atoms with Crippen LogP contribution in [0.2, 0.25) is 0 Å². The van der Waals surface area contributed by atoms with Gasteiger partial charge in [0.25, 0.3) is 0 Å². The standard InChI is InChI=1S/C35H50N6O7S2/c1-7-25(4)33(39-35(44)40(5)20-28-23-49-32(37-28)22-48-6)34(43)38-30(17-26-11-9-8-10-12-26)31(42)21-41(19-24(2)3)50(46,47)29-15-13-27(14-16-29)18-36-45/h8-16,18,23-25,30-31,33,42,45H,7,17,19-22H2,1-6H3,(H,38,43)(H,39,44)/t25-,30-,31-,33-/m0/s1. The summed E-state index contributed by atoms with van der Waals surface area (Å²) in [7, 11) is -0.856. The van der Waals surface area contributed by atoms with Gasteiger partial charge in [-0.05, 0) is 41.5 Å². The number of benzene rings is 2. The monoisotopic (exact) mass is 730 g/mol. The highest BCUT2D eigenvalue weighted by atomic mass is 32.2. The Morgan fingerprint density at radius 1 is 1.06 bits per heavy atom. The SMILES string of the molecule is CC[C@H](C)[C@H](NC(=O)N(C)Cc1csc(COC)n1)C(=O)N[C@@H](Cc1ccccc1)[C@@H](O)CN(CC(C)C)S(=O)(=O)c1ccc(C=NO)cc1. The predicted octanol–water partition coefficient (Wildman–Crippen LogP) is 4.09. The minimum Gasteiger partial charge on any atom is -0.411 e. The number of carbonyl (C=O) groups is 2. The molecule has 1 heterocycles. The van der Waals surface area contributed by atoms with Gasteiger partial charge in [-0.2, -0.15) is 4.31 Å². The molecule has 1 aromatic heterocycles. The molecule has 50 heavy (non-hydrogen) atoms. The van der Waals surface area contributed by atoms with E-state index in [0.717, 1.165) is 10.6 Å². The molecule has 0 bridgehead atoms. The molecule has 0 unspecified atom stereocenters. The lowest BCUT2D eigenvalue weighted by Crippen LogP contribution is -2.58. The predicted molar refractivity (Wildman–Crippen MR) is 194 cm³/mol. The summed E-state index contributed by atoms with van der Waals surface area (Å²) in [4.78, 5) is 33.2. The average molecular weight is 731 g/mol. The molecule has 0 aliphatic rings. The van der Waals surface area contributed by atoms with Crippen LogP contribution in [0.3, 0.4) is 0 Å². The molecule has 4 N–H and O–H groups in total. The summed E-state index contributed by atoms with van der Waals surface area (Å²) < 4.78 is 34.0. The van der Waals surface area contributed by atoms with Crippen molar-refractivity contribution in [2.24, 2.45) is 17.0 Å². The number of nitrogens with one attached hydrogen (secondary N) is 2. The van der Waals surface area contributed by atoms with Crippen molar-refractivity contribution in [3.8, 4) is 0 Å². The van der Waals surface area contributed by atoms with Gasteiger partial charge in [-0.1, -0.05) is 81.7 Å². The third kappa shape index (κ3) is 11.9. The van der Waals surface area contributed by atoms with Gasteiger partial charge in [-0.15, -0.1) is 11.3 Å². The van der Waals surface area contributed by atoms with E-state index in [0.29, 0.717) is 24.3 Å². The number of methoxy groups -OCH3 is 1. The van der Waals surface area contributed by atoms with E-state index in [1.807, 2.05) is 63.4 Å². The number of aliphatic hydroxyl groups excluding tert-OH is 1. The van der Waals surface area contributed by atoms with Crippen LogP contribution in [0.4, 0.5) is 4.79 Å². The topological polar surface area (TPSA) is 174 Å². The summed E-state index contributed by atoms with van der Waals surface area (Å²) in [6.45, 7) is 7.97. The van der Waals surface area contributed by atoms with Crippen molar-refractivity contribution in [3.63, 3.8) is 0 Å². The Balaban J connectivity index is 1.85. The molecule has 15 heteroatoms. The first-order chi connectivity index (χ1) is 23.8. The molecule has 0 aliphatic carbocycles. The summed E-state index contributed by atoms with van der Waals surface area (Å²) >= 11 is 1.44. The quantitative estimate of drug-likeness (QED) is 0.0811. The second kappa shape index (κ2) is 19.5. The zero-order chi connectivity index (χ0) is 36.8. The number of aliphatic hydroxyl groups is 1. The summed E-state index contributed by atoms with van der Waals surface area (Å²) in [6, 6.07) is 12.9. The van der Waals surface area contributed by atoms with E-state index in [9.17, 15) is 23.1 Å². The Labute approximate surface area is 299 Å². The zero-order valence-electron chi connectivity index (χ0n) is 29.5. The van der Waals surface area contributed by atoms with E-state index in [-0.39, 0.29) is 42.8 Å². The molecule has 13 nitrogen and oxygen atoms in total. The molecule has 2 aromatic carbocycles. The molecule has 0 fully saturated rings. The lowest BCUT2D eigenvalue weighted by Gasteiger charge is -2.33. The van der Waals surface area contributed by atoms with Crippen LogP contribution in [-0.2, 0) is 39.1 Å². The van der Waals surface area contributed by atoms with Crippen LogP contribution in [0.5, 0.6) is 0 Å². The lowest BCUT2D eigenvalue weighted by atomic mass is 9.96. The number of rotatable bonds is 19. The van der Waals surface area contributed by atoms with Gasteiger partial charge in [0.2, 0.25) is 15.9 Å². The number of ether oxygens (including phenoxy) is 1. The maximum absolute atomic E-state index is 14.0. The minimum absolute atomic E-state index is 0.0142. The van der Waals surface area contributed by atoms with Gasteiger partial charge in [-0.25, -0.2) is 18.2 Å². The number of nitrogens with zero attached hydrogens (tertiary/aromatic N) is 4. The van der Waals surface area contributed by atoms with Gasteiger partial charge < -0.3 is 30.6 Å². The minimum atomic E-state index is -4.06. The largest absolute Gasteiger partial charge is 0.411 e. The number of aromatic nitrogens is 1. The highest BCUT2D eigenvalue weighted by molar-refractivity contribution is 7.89. The highest BCUT2D eigenvalue weighted by Crippen LogP contribution is 2.20. The average Bonchev–Trinajstić information content (AvgIpc) is 3.53. The van der Waals surface area contributed by atoms with Crippen molar-refractivity contribution < 1.29 is 33.1 Å². The Morgan fingerprint density at radius 2 is 1.74 bits per heavy atom. The van der Waals surface area contributed by atoms with Crippen LogP contribution in [0.1, 0.15) is 55.9 Å². The van der Waals surface area contributed by atoms with E-state index >= 15 is 0 Å². The van der Waals surface area contributed by atoms with Crippen molar-refractivity contribution in [1.29, 1.82) is 0 Å². The van der Waals surface area contributed by atoms with Gasteiger partial charge in [0.1, 0.15) is 11.0 Å². The smallest absolute Gasteiger partial charge is 0.318 e. The molecule has 4 atom stereocenters. The van der Waals surface area contributed by atoms with Crippen LogP contribution in [0.15, 0.2) is 70.0 Å². The van der Waals surface area contributed by atoms with Crippen LogP contribution >= 0.6 is 11.3 Å². The molecule has 3 aromatic rings. The number of thiazole rings is 1. The van der Waals surface area contributed by atoms with E-state index in [1.165, 1.54) is 51.0 Å². The number of hydrogen-bond donors (Lipinski definition) is 4. The number of amides is 3. The molecule has 274 valence electrons. The van der Waals surface area contributed by atoms with Gasteiger partial charge in [0.15, 0.2) is 0 Å². The summed E-state index contributed by atoms with van der Waals surface area (Å²) in [5.74, 6) is -0.819. The molecule has 0 aliphatic heterocycles. The van der Waals surface area contributed by atoms with Gasteiger partial charge >= 0.3 is 6.03 Å². The van der Waals surface area contributed by atoms with Crippen LogP contribution in [0.25, 0.3) is 0 Å². The van der Waals surface area contributed by atoms with E-state index in [1.54, 1.807) is 14.2 Å². The molecule has 0 radical (unpaired) electrons. The highest BCUT2D eigenvalue weighted by Gasteiger charge is 2.34. The molecule has 0 saturated heterocycles. The normalized spacial score (nSPS) is 14.4. The first kappa shape index (κ1) is 40.5. The second-order valence-electron chi connectivity index (χ2n) is 12.7. The van der Waals surface area contributed by atoms with E-state index < -0.39 is 40.1 Å². The maximum atomic E-state index is 14.0. The number of oxime groups is 1. The number of urea groups is 1. The zero-order valence-corrected chi connectivity index (χ0v) is 31.2. The third-order valence-electron chi connectivity index (χ3n) is 8.16. The number of sulfonamides is 1.